The van der Waals surface area contributed by atoms with Crippen LogP contribution in [0.25, 0.3) is 0 Å². The molecule has 4 nitrogen and oxygen atoms in total. The Hall–Kier alpha value is -3.12. The fourth-order valence-electron chi connectivity index (χ4n) is 5.30. The first-order valence-corrected chi connectivity index (χ1v) is 12.5. The predicted molar refractivity (Wildman–Crippen MR) is 132 cm³/mol. The van der Waals surface area contributed by atoms with Crippen molar-refractivity contribution >= 4 is 5.91 Å². The van der Waals surface area contributed by atoms with Gasteiger partial charge in [-0.3, -0.25) is 14.7 Å². The topological polar surface area (TPSA) is 36.4 Å². The van der Waals surface area contributed by atoms with Gasteiger partial charge in [-0.05, 0) is 86.5 Å². The van der Waals surface area contributed by atoms with Crippen molar-refractivity contribution in [1.82, 2.24) is 14.8 Å². The number of pyridine rings is 1. The maximum Gasteiger partial charge on any atom is 0.272 e. The van der Waals surface area contributed by atoms with Gasteiger partial charge in [0.25, 0.3) is 5.91 Å². The molecule has 0 unspecified atom stereocenters. The fourth-order valence-corrected chi connectivity index (χ4v) is 5.30. The number of hydrogen-bond donors (Lipinski definition) is 0. The summed E-state index contributed by atoms with van der Waals surface area (Å²) < 4.78 is 27.0. The Kier molecular flexibility index (Phi) is 7.19. The van der Waals surface area contributed by atoms with Gasteiger partial charge in [-0.2, -0.15) is 0 Å². The molecular weight excluding hydrogens is 444 g/mol. The summed E-state index contributed by atoms with van der Waals surface area (Å²) >= 11 is 0. The minimum Gasteiger partial charge on any atom is -0.331 e. The first-order chi connectivity index (χ1) is 17.1. The summed E-state index contributed by atoms with van der Waals surface area (Å²) in [4.78, 5) is 22.4. The molecule has 182 valence electrons. The highest BCUT2D eigenvalue weighted by Gasteiger charge is 2.42. The normalized spacial score (nSPS) is 17.8. The zero-order valence-electron chi connectivity index (χ0n) is 19.8. The van der Waals surface area contributed by atoms with Crippen molar-refractivity contribution in [2.24, 2.45) is 5.92 Å². The van der Waals surface area contributed by atoms with Gasteiger partial charge in [0.05, 0.1) is 0 Å². The lowest BCUT2D eigenvalue weighted by Gasteiger charge is -2.42. The lowest BCUT2D eigenvalue weighted by Crippen LogP contribution is -2.50. The molecule has 0 spiro atoms. The number of amides is 1. The Balaban J connectivity index is 1.33. The number of carbonyl (C=O) groups excluding carboxylic acids is 1. The van der Waals surface area contributed by atoms with Crippen LogP contribution in [0.1, 0.15) is 47.3 Å². The number of rotatable bonds is 8. The highest BCUT2D eigenvalue weighted by atomic mass is 19.2. The van der Waals surface area contributed by atoms with Crippen LogP contribution in [0.15, 0.2) is 72.9 Å². The van der Waals surface area contributed by atoms with Gasteiger partial charge in [0.2, 0.25) is 0 Å². The van der Waals surface area contributed by atoms with Crippen LogP contribution in [0.3, 0.4) is 0 Å². The number of likely N-dealkylation sites (tertiary alicyclic amines) is 1. The minimum absolute atomic E-state index is 0.0262. The summed E-state index contributed by atoms with van der Waals surface area (Å²) in [5.41, 5.74) is 2.53. The quantitative estimate of drug-likeness (QED) is 0.432. The third-order valence-corrected chi connectivity index (χ3v) is 7.27. The molecule has 1 saturated carbocycles. The second-order valence-electron chi connectivity index (χ2n) is 9.78. The lowest BCUT2D eigenvalue weighted by molar-refractivity contribution is 0.0477. The van der Waals surface area contributed by atoms with E-state index in [0.717, 1.165) is 50.8 Å². The molecule has 1 aromatic heterocycles. The van der Waals surface area contributed by atoms with E-state index in [1.165, 1.54) is 17.7 Å². The van der Waals surface area contributed by atoms with E-state index < -0.39 is 11.6 Å². The number of halogens is 2. The molecule has 2 heterocycles. The van der Waals surface area contributed by atoms with Crippen molar-refractivity contribution in [3.8, 4) is 0 Å². The Morgan fingerprint density at radius 1 is 0.914 bits per heavy atom. The van der Waals surface area contributed by atoms with Crippen molar-refractivity contribution < 1.29 is 13.6 Å². The molecule has 3 aromatic rings. The first kappa shape index (κ1) is 23.6. The molecule has 1 aliphatic carbocycles. The smallest absolute Gasteiger partial charge is 0.272 e. The molecule has 0 bridgehead atoms. The van der Waals surface area contributed by atoms with Gasteiger partial charge in [0, 0.05) is 24.8 Å². The fraction of sp³-hybridized carbons (Fsp3) is 0.379. The molecule has 1 amide bonds. The van der Waals surface area contributed by atoms with Crippen LogP contribution in [0.5, 0.6) is 0 Å². The molecule has 35 heavy (non-hydrogen) atoms. The van der Waals surface area contributed by atoms with E-state index in [9.17, 15) is 13.6 Å². The monoisotopic (exact) mass is 475 g/mol. The molecule has 0 N–H and O–H groups in total. The molecule has 2 aromatic carbocycles. The van der Waals surface area contributed by atoms with Crippen molar-refractivity contribution in [2.45, 2.75) is 50.7 Å². The van der Waals surface area contributed by atoms with Crippen LogP contribution in [0.2, 0.25) is 0 Å². The highest BCUT2D eigenvalue weighted by molar-refractivity contribution is 5.93. The highest BCUT2D eigenvalue weighted by Crippen LogP contribution is 2.36. The average molecular weight is 476 g/mol. The van der Waals surface area contributed by atoms with Crippen LogP contribution in [-0.2, 0) is 13.0 Å². The summed E-state index contributed by atoms with van der Waals surface area (Å²) in [5.74, 6) is -1.22. The largest absolute Gasteiger partial charge is 0.331 e. The van der Waals surface area contributed by atoms with Gasteiger partial charge in [0.1, 0.15) is 5.69 Å². The van der Waals surface area contributed by atoms with Crippen LogP contribution < -0.4 is 0 Å². The van der Waals surface area contributed by atoms with E-state index in [2.05, 4.69) is 39.0 Å². The Labute approximate surface area is 205 Å². The Bertz CT molecular complexity index is 1130. The zero-order chi connectivity index (χ0) is 24.2. The number of benzene rings is 2. The molecular formula is C29H31F2N3O. The number of aromatic nitrogens is 1. The second-order valence-corrected chi connectivity index (χ2v) is 9.78. The molecule has 6 heteroatoms. The van der Waals surface area contributed by atoms with Crippen LogP contribution >= 0.6 is 0 Å². The van der Waals surface area contributed by atoms with Gasteiger partial charge in [-0.15, -0.1) is 0 Å². The molecule has 5 rings (SSSR count). The van der Waals surface area contributed by atoms with Crippen LogP contribution in [0, 0.1) is 17.6 Å². The molecule has 0 radical (unpaired) electrons. The van der Waals surface area contributed by atoms with E-state index in [-0.39, 0.29) is 18.0 Å². The van der Waals surface area contributed by atoms with E-state index in [0.29, 0.717) is 18.2 Å². The molecule has 2 fully saturated rings. The Morgan fingerprint density at radius 2 is 1.66 bits per heavy atom. The van der Waals surface area contributed by atoms with E-state index in [4.69, 9.17) is 0 Å². The van der Waals surface area contributed by atoms with E-state index in [1.54, 1.807) is 12.3 Å². The third kappa shape index (κ3) is 5.76. The van der Waals surface area contributed by atoms with Crippen LogP contribution in [0.4, 0.5) is 8.78 Å². The van der Waals surface area contributed by atoms with Crippen LogP contribution in [-0.4, -0.2) is 45.9 Å². The van der Waals surface area contributed by atoms with Gasteiger partial charge < -0.3 is 4.90 Å². The second kappa shape index (κ2) is 10.6. The maximum atomic E-state index is 13.7. The zero-order valence-corrected chi connectivity index (χ0v) is 19.8. The lowest BCUT2D eigenvalue weighted by atomic mass is 9.84. The number of carbonyl (C=O) groups is 1. The standard InChI is InChI=1S/C29H31F2N3O/c30-25-12-9-22(18-26(25)31)20-33-16-13-23(14-17-33)28(19-21-6-2-1-3-7-21)34(24-10-11-24)29(35)27-8-4-5-15-32-27/h1-9,12,15,18,23-24,28H,10-11,13-14,16-17,19-20H2/t28-/m0/s1. The summed E-state index contributed by atoms with van der Waals surface area (Å²) in [6.07, 6.45) is 6.50. The van der Waals surface area contributed by atoms with Crippen molar-refractivity contribution in [3.63, 3.8) is 0 Å². The number of piperidine rings is 1. The molecule has 1 aliphatic heterocycles. The predicted octanol–water partition coefficient (Wildman–Crippen LogP) is 5.49. The van der Waals surface area contributed by atoms with E-state index >= 15 is 0 Å². The van der Waals surface area contributed by atoms with Gasteiger partial charge in [-0.1, -0.05) is 42.5 Å². The number of hydrogen-bond acceptors (Lipinski definition) is 3. The van der Waals surface area contributed by atoms with E-state index in [1.807, 2.05) is 24.3 Å². The number of nitrogens with zero attached hydrogens (tertiary/aromatic N) is 3. The first-order valence-electron chi connectivity index (χ1n) is 12.5. The van der Waals surface area contributed by atoms with Crippen molar-refractivity contribution in [1.29, 1.82) is 0 Å². The summed E-state index contributed by atoms with van der Waals surface area (Å²) in [6.45, 7) is 2.34. The SMILES string of the molecule is O=C(c1ccccn1)N(C1CC1)[C@@H](Cc1ccccc1)C1CCN(Cc2ccc(F)c(F)c2)CC1. The maximum absolute atomic E-state index is 13.7. The van der Waals surface area contributed by atoms with Gasteiger partial charge >= 0.3 is 0 Å². The molecule has 1 atom stereocenters. The van der Waals surface area contributed by atoms with Crippen molar-refractivity contribution in [2.75, 3.05) is 13.1 Å². The summed E-state index contributed by atoms with van der Waals surface area (Å²) in [6, 6.07) is 20.4. The average Bonchev–Trinajstić information content (AvgIpc) is 3.73. The minimum atomic E-state index is -0.811. The summed E-state index contributed by atoms with van der Waals surface area (Å²) in [5, 5.41) is 0. The molecule has 1 saturated heterocycles. The Morgan fingerprint density at radius 3 is 2.31 bits per heavy atom. The molecule has 2 aliphatic rings. The summed E-state index contributed by atoms with van der Waals surface area (Å²) in [7, 11) is 0. The van der Waals surface area contributed by atoms with Crippen molar-refractivity contribution in [3.05, 3.63) is 101 Å². The third-order valence-electron chi connectivity index (χ3n) is 7.27. The van der Waals surface area contributed by atoms with Gasteiger partial charge in [0.15, 0.2) is 11.6 Å². The van der Waals surface area contributed by atoms with Gasteiger partial charge in [-0.25, -0.2) is 8.78 Å².